The summed E-state index contributed by atoms with van der Waals surface area (Å²) >= 11 is 0. The van der Waals surface area contributed by atoms with Crippen LogP contribution in [0.25, 0.3) is 0 Å². The minimum Gasteiger partial charge on any atom is -0.490 e. The lowest BCUT2D eigenvalue weighted by Crippen LogP contribution is -2.03. The van der Waals surface area contributed by atoms with Crippen molar-refractivity contribution in [3.8, 4) is 5.75 Å². The molecule has 0 spiro atoms. The van der Waals surface area contributed by atoms with Crippen molar-refractivity contribution < 1.29 is 9.15 Å². The smallest absolute Gasteiger partial charge is 0.226 e. The first-order chi connectivity index (χ1) is 4.74. The SMILES string of the molecule is [CH2]c1cc(=O)c(OC)co1. The van der Waals surface area contributed by atoms with Crippen molar-refractivity contribution >= 4 is 0 Å². The highest BCUT2D eigenvalue weighted by Gasteiger charge is 1.97. The van der Waals surface area contributed by atoms with Crippen LogP contribution >= 0.6 is 0 Å². The monoisotopic (exact) mass is 139 g/mol. The minimum absolute atomic E-state index is 0.201. The van der Waals surface area contributed by atoms with Crippen molar-refractivity contribution in [1.82, 2.24) is 0 Å². The van der Waals surface area contributed by atoms with Crippen LogP contribution in [0.4, 0.5) is 0 Å². The molecule has 0 amide bonds. The number of methoxy groups -OCH3 is 1. The van der Waals surface area contributed by atoms with Gasteiger partial charge in [-0.25, -0.2) is 0 Å². The summed E-state index contributed by atoms with van der Waals surface area (Å²) in [7, 11) is 1.41. The Morgan fingerprint density at radius 2 is 2.40 bits per heavy atom. The van der Waals surface area contributed by atoms with Gasteiger partial charge in [0.25, 0.3) is 0 Å². The molecule has 0 saturated carbocycles. The maximum atomic E-state index is 10.8. The molecular formula is C7H7O3. The molecule has 0 fully saturated rings. The highest BCUT2D eigenvalue weighted by atomic mass is 16.5. The highest BCUT2D eigenvalue weighted by Crippen LogP contribution is 2.02. The molecule has 3 heteroatoms. The molecule has 0 aliphatic rings. The molecule has 0 N–H and O–H groups in total. The van der Waals surface area contributed by atoms with Crippen LogP contribution in [0.5, 0.6) is 5.75 Å². The van der Waals surface area contributed by atoms with Gasteiger partial charge in [-0.05, 0) is 0 Å². The van der Waals surface area contributed by atoms with E-state index in [2.05, 4.69) is 11.7 Å². The fraction of sp³-hybridized carbons (Fsp3) is 0.143. The van der Waals surface area contributed by atoms with E-state index >= 15 is 0 Å². The summed E-state index contributed by atoms with van der Waals surface area (Å²) in [6.45, 7) is 3.43. The van der Waals surface area contributed by atoms with Gasteiger partial charge in [-0.3, -0.25) is 4.79 Å². The van der Waals surface area contributed by atoms with E-state index in [4.69, 9.17) is 4.42 Å². The van der Waals surface area contributed by atoms with E-state index in [-0.39, 0.29) is 11.2 Å². The molecule has 0 atom stereocenters. The summed E-state index contributed by atoms with van der Waals surface area (Å²) in [6.07, 6.45) is 1.24. The zero-order valence-corrected chi connectivity index (χ0v) is 5.59. The first kappa shape index (κ1) is 6.86. The van der Waals surface area contributed by atoms with Gasteiger partial charge >= 0.3 is 0 Å². The Kier molecular flexibility index (Phi) is 1.76. The van der Waals surface area contributed by atoms with Crippen molar-refractivity contribution in [2.45, 2.75) is 0 Å². The van der Waals surface area contributed by atoms with Crippen LogP contribution in [0.3, 0.4) is 0 Å². The molecule has 1 aromatic heterocycles. The normalized spacial score (nSPS) is 9.40. The molecule has 0 saturated heterocycles. The van der Waals surface area contributed by atoms with Gasteiger partial charge in [0.1, 0.15) is 12.0 Å². The third-order valence-electron chi connectivity index (χ3n) is 1.07. The molecule has 0 aliphatic carbocycles. The van der Waals surface area contributed by atoms with Crippen molar-refractivity contribution in [3.05, 3.63) is 35.2 Å². The Morgan fingerprint density at radius 3 is 2.90 bits per heavy atom. The largest absolute Gasteiger partial charge is 0.490 e. The predicted molar refractivity (Wildman–Crippen MR) is 36.0 cm³/mol. The summed E-state index contributed by atoms with van der Waals surface area (Å²) in [5, 5.41) is 0. The van der Waals surface area contributed by atoms with Gasteiger partial charge in [-0.2, -0.15) is 0 Å². The van der Waals surface area contributed by atoms with Gasteiger partial charge < -0.3 is 9.15 Å². The lowest BCUT2D eigenvalue weighted by molar-refractivity contribution is 0.384. The first-order valence-corrected chi connectivity index (χ1v) is 2.73. The molecule has 0 aromatic carbocycles. The van der Waals surface area contributed by atoms with E-state index in [1.54, 1.807) is 0 Å². The third-order valence-corrected chi connectivity index (χ3v) is 1.07. The second-order valence-electron chi connectivity index (χ2n) is 1.78. The topological polar surface area (TPSA) is 39.4 Å². The molecule has 3 nitrogen and oxygen atoms in total. The molecule has 0 bridgehead atoms. The summed E-state index contributed by atoms with van der Waals surface area (Å²) in [4.78, 5) is 10.8. The number of ether oxygens (including phenoxy) is 1. The Hall–Kier alpha value is -1.25. The van der Waals surface area contributed by atoms with E-state index in [0.717, 1.165) is 0 Å². The highest BCUT2D eigenvalue weighted by molar-refractivity contribution is 5.18. The maximum absolute atomic E-state index is 10.8. The fourth-order valence-electron chi connectivity index (χ4n) is 0.587. The van der Waals surface area contributed by atoms with Gasteiger partial charge in [0.15, 0.2) is 0 Å². The van der Waals surface area contributed by atoms with Crippen LogP contribution in [-0.4, -0.2) is 7.11 Å². The fourth-order valence-corrected chi connectivity index (χ4v) is 0.587. The van der Waals surface area contributed by atoms with Crippen LogP contribution in [0, 0.1) is 6.92 Å². The van der Waals surface area contributed by atoms with E-state index in [0.29, 0.717) is 5.76 Å². The standard InChI is InChI=1S/C7H7O3/c1-5-3-6(8)7(9-2)4-10-5/h3-4H,1H2,2H3. The lowest BCUT2D eigenvalue weighted by Gasteiger charge is -1.95. The molecule has 1 heterocycles. The molecule has 1 radical (unpaired) electrons. The third kappa shape index (κ3) is 1.18. The second-order valence-corrected chi connectivity index (χ2v) is 1.78. The van der Waals surface area contributed by atoms with Crippen LogP contribution in [0.1, 0.15) is 5.76 Å². The Labute approximate surface area is 58.2 Å². The van der Waals surface area contributed by atoms with Gasteiger partial charge in [-0.1, -0.05) is 0 Å². The van der Waals surface area contributed by atoms with Gasteiger partial charge in [0.2, 0.25) is 11.2 Å². The summed E-state index contributed by atoms with van der Waals surface area (Å²) < 4.78 is 9.46. The molecular weight excluding hydrogens is 132 g/mol. The minimum atomic E-state index is -0.209. The summed E-state index contributed by atoms with van der Waals surface area (Å²) in [6, 6.07) is 1.28. The van der Waals surface area contributed by atoms with Gasteiger partial charge in [0, 0.05) is 13.0 Å². The van der Waals surface area contributed by atoms with Crippen LogP contribution in [-0.2, 0) is 0 Å². The molecule has 53 valence electrons. The van der Waals surface area contributed by atoms with Crippen molar-refractivity contribution in [3.63, 3.8) is 0 Å². The maximum Gasteiger partial charge on any atom is 0.226 e. The quantitative estimate of drug-likeness (QED) is 0.578. The lowest BCUT2D eigenvalue weighted by atomic mass is 10.4. The van der Waals surface area contributed by atoms with Crippen LogP contribution in [0.2, 0.25) is 0 Å². The second kappa shape index (κ2) is 2.56. The molecule has 0 aliphatic heterocycles. The number of hydrogen-bond acceptors (Lipinski definition) is 3. The Bertz CT molecular complexity index is 274. The first-order valence-electron chi connectivity index (χ1n) is 2.73. The van der Waals surface area contributed by atoms with E-state index in [1.807, 2.05) is 0 Å². The number of rotatable bonds is 1. The Balaban J connectivity index is 3.20. The van der Waals surface area contributed by atoms with E-state index < -0.39 is 0 Å². The van der Waals surface area contributed by atoms with Crippen molar-refractivity contribution in [2.75, 3.05) is 7.11 Å². The number of hydrogen-bond donors (Lipinski definition) is 0. The van der Waals surface area contributed by atoms with Crippen LogP contribution in [0.15, 0.2) is 21.5 Å². The average Bonchev–Trinajstić information content (AvgIpc) is 1.88. The van der Waals surface area contributed by atoms with E-state index in [9.17, 15) is 4.79 Å². The summed E-state index contributed by atoms with van der Waals surface area (Å²) in [5.41, 5.74) is -0.209. The van der Waals surface area contributed by atoms with Gasteiger partial charge in [0.05, 0.1) is 7.11 Å². The van der Waals surface area contributed by atoms with Gasteiger partial charge in [-0.15, -0.1) is 0 Å². The molecule has 0 unspecified atom stereocenters. The Morgan fingerprint density at radius 1 is 1.70 bits per heavy atom. The molecule has 1 aromatic rings. The molecule has 10 heavy (non-hydrogen) atoms. The van der Waals surface area contributed by atoms with E-state index in [1.165, 1.54) is 19.4 Å². The van der Waals surface area contributed by atoms with Crippen molar-refractivity contribution in [2.24, 2.45) is 0 Å². The zero-order valence-electron chi connectivity index (χ0n) is 5.59. The molecule has 1 rings (SSSR count). The average molecular weight is 139 g/mol. The zero-order chi connectivity index (χ0) is 7.56. The van der Waals surface area contributed by atoms with Crippen LogP contribution < -0.4 is 10.2 Å². The van der Waals surface area contributed by atoms with Crippen molar-refractivity contribution in [1.29, 1.82) is 0 Å². The predicted octanol–water partition coefficient (Wildman–Crippen LogP) is 0.831. The summed E-state index contributed by atoms with van der Waals surface area (Å²) in [5.74, 6) is 0.540.